The third-order valence-corrected chi connectivity index (χ3v) is 5.63. The summed E-state index contributed by atoms with van der Waals surface area (Å²) in [5.74, 6) is -1.45. The fourth-order valence-electron chi connectivity index (χ4n) is 2.51. The van der Waals surface area contributed by atoms with Crippen LogP contribution in [0, 0.1) is 9.39 Å². The Balaban J connectivity index is 1.73. The van der Waals surface area contributed by atoms with Crippen LogP contribution >= 0.6 is 34.4 Å². The Bertz CT molecular complexity index is 873. The number of imide groups is 1. The number of carbonyl (C=O) groups is 2. The Hall–Kier alpha value is -1.94. The molecule has 5 nitrogen and oxygen atoms in total. The molecule has 8 heteroatoms. The number of carbonyl (C=O) groups excluding carboxylic acids is 2. The van der Waals surface area contributed by atoms with Crippen LogP contribution in [0.2, 0.25) is 0 Å². The largest absolute Gasteiger partial charge is 0.335 e. The van der Waals surface area contributed by atoms with Crippen molar-refractivity contribution < 1.29 is 14.0 Å². The lowest BCUT2D eigenvalue weighted by Gasteiger charge is -2.16. The summed E-state index contributed by atoms with van der Waals surface area (Å²) in [6.07, 6.45) is 0.00518. The summed E-state index contributed by atoms with van der Waals surface area (Å²) < 4.78 is 15.1. The van der Waals surface area contributed by atoms with E-state index < -0.39 is 22.9 Å². The monoisotopic (exact) mass is 483 g/mol. The van der Waals surface area contributed by atoms with E-state index in [0.717, 1.165) is 14.2 Å². The zero-order chi connectivity index (χ0) is 18.7. The molecule has 26 heavy (non-hydrogen) atoms. The van der Waals surface area contributed by atoms with Gasteiger partial charge in [0.05, 0.1) is 5.69 Å². The minimum absolute atomic E-state index is 0.00518. The molecular weight excluding hydrogens is 468 g/mol. The van der Waals surface area contributed by atoms with Crippen molar-refractivity contribution in [3.63, 3.8) is 0 Å². The van der Waals surface area contributed by atoms with Crippen LogP contribution in [0.3, 0.4) is 0 Å². The van der Waals surface area contributed by atoms with Crippen LogP contribution in [0.4, 0.5) is 15.8 Å². The predicted molar refractivity (Wildman–Crippen MR) is 111 cm³/mol. The second kappa shape index (κ2) is 8.17. The summed E-state index contributed by atoms with van der Waals surface area (Å²) in [5, 5.41) is 3.02. The molecule has 1 aliphatic rings. The second-order valence-corrected chi connectivity index (χ2v) is 7.93. The van der Waals surface area contributed by atoms with E-state index >= 15 is 0 Å². The van der Waals surface area contributed by atoms with Crippen molar-refractivity contribution in [1.29, 1.82) is 0 Å². The molecule has 1 N–H and O–H groups in total. The van der Waals surface area contributed by atoms with Crippen molar-refractivity contribution in [2.45, 2.75) is 11.7 Å². The van der Waals surface area contributed by atoms with Gasteiger partial charge in [0, 0.05) is 22.7 Å². The Morgan fingerprint density at radius 2 is 1.92 bits per heavy atom. The van der Waals surface area contributed by atoms with E-state index in [2.05, 4.69) is 32.9 Å². The lowest BCUT2D eigenvalue weighted by atomic mass is 10.3. The fraction of sp³-hybridized carbons (Fsp3) is 0.167. The molecule has 3 rings (SSSR count). The number of hydrogen-bond acceptors (Lipinski definition) is 4. The number of aliphatic imine (C=N–C) groups is 1. The lowest BCUT2D eigenvalue weighted by Crippen LogP contribution is -2.32. The molecule has 0 aliphatic carbocycles. The number of para-hydroxylation sites is 1. The van der Waals surface area contributed by atoms with Gasteiger partial charge in [0.25, 0.3) is 0 Å². The average Bonchev–Trinajstić information content (AvgIpc) is 2.90. The van der Waals surface area contributed by atoms with Gasteiger partial charge in [0.15, 0.2) is 5.17 Å². The SMILES string of the molecule is CN=C(Nc1ccc(I)cc1)SC1CC(=O)N(c2ccccc2F)C1=O. The highest BCUT2D eigenvalue weighted by molar-refractivity contribution is 14.1. The Morgan fingerprint density at radius 1 is 1.23 bits per heavy atom. The van der Waals surface area contributed by atoms with Crippen molar-refractivity contribution in [3.8, 4) is 0 Å². The number of thioether (sulfide) groups is 1. The molecule has 2 aromatic rings. The molecule has 0 aromatic heterocycles. The number of amidine groups is 1. The molecule has 134 valence electrons. The van der Waals surface area contributed by atoms with E-state index in [0.29, 0.717) is 5.17 Å². The molecule has 1 aliphatic heterocycles. The van der Waals surface area contributed by atoms with Crippen molar-refractivity contribution in [3.05, 3.63) is 57.9 Å². The number of nitrogens with zero attached hydrogens (tertiary/aromatic N) is 2. The van der Waals surface area contributed by atoms with E-state index in [-0.39, 0.29) is 12.1 Å². The van der Waals surface area contributed by atoms with Crippen LogP contribution in [-0.2, 0) is 9.59 Å². The predicted octanol–water partition coefficient (Wildman–Crippen LogP) is 3.89. The standard InChI is InChI=1S/C18H15FIN3O2S/c1-21-18(22-12-8-6-11(20)7-9-12)26-15-10-16(24)23(17(15)25)14-5-3-2-4-13(14)19/h2-9,15H,10H2,1H3,(H,21,22). The summed E-state index contributed by atoms with van der Waals surface area (Å²) in [6.45, 7) is 0. The Morgan fingerprint density at radius 3 is 2.58 bits per heavy atom. The van der Waals surface area contributed by atoms with Gasteiger partial charge in [-0.25, -0.2) is 9.29 Å². The number of anilines is 2. The van der Waals surface area contributed by atoms with Gasteiger partial charge < -0.3 is 5.32 Å². The smallest absolute Gasteiger partial charge is 0.247 e. The molecule has 0 radical (unpaired) electrons. The van der Waals surface area contributed by atoms with Gasteiger partial charge in [-0.3, -0.25) is 14.6 Å². The normalized spacial score (nSPS) is 17.7. The first-order valence-electron chi connectivity index (χ1n) is 7.77. The number of nitrogens with one attached hydrogen (secondary N) is 1. The minimum Gasteiger partial charge on any atom is -0.335 e. The minimum atomic E-state index is -0.642. The van der Waals surface area contributed by atoms with Crippen LogP contribution in [-0.4, -0.2) is 29.3 Å². The van der Waals surface area contributed by atoms with Gasteiger partial charge in [-0.05, 0) is 59.0 Å². The summed E-state index contributed by atoms with van der Waals surface area (Å²) in [6, 6.07) is 13.5. The van der Waals surface area contributed by atoms with Crippen LogP contribution < -0.4 is 10.2 Å². The van der Waals surface area contributed by atoms with E-state index in [4.69, 9.17) is 0 Å². The highest BCUT2D eigenvalue weighted by Crippen LogP contribution is 2.32. The average molecular weight is 483 g/mol. The zero-order valence-electron chi connectivity index (χ0n) is 13.8. The Kier molecular flexibility index (Phi) is 5.92. The maximum absolute atomic E-state index is 14.0. The molecule has 1 unspecified atom stereocenters. The topological polar surface area (TPSA) is 61.8 Å². The van der Waals surface area contributed by atoms with Crippen LogP contribution in [0.1, 0.15) is 6.42 Å². The zero-order valence-corrected chi connectivity index (χ0v) is 16.8. The van der Waals surface area contributed by atoms with Gasteiger partial charge >= 0.3 is 0 Å². The summed E-state index contributed by atoms with van der Waals surface area (Å²) in [7, 11) is 1.61. The molecule has 1 atom stereocenters. The van der Waals surface area contributed by atoms with Gasteiger partial charge in [0.2, 0.25) is 11.8 Å². The van der Waals surface area contributed by atoms with E-state index in [9.17, 15) is 14.0 Å². The first-order chi connectivity index (χ1) is 12.5. The molecule has 2 amide bonds. The quantitative estimate of drug-likeness (QED) is 0.312. The van der Waals surface area contributed by atoms with Crippen molar-refractivity contribution in [2.24, 2.45) is 4.99 Å². The maximum Gasteiger partial charge on any atom is 0.247 e. The summed E-state index contributed by atoms with van der Waals surface area (Å²) >= 11 is 3.38. The number of rotatable bonds is 3. The fourth-order valence-corrected chi connectivity index (χ4v) is 3.86. The molecule has 1 heterocycles. The second-order valence-electron chi connectivity index (χ2n) is 5.49. The molecule has 0 saturated carbocycles. The number of amides is 2. The van der Waals surface area contributed by atoms with E-state index in [1.807, 2.05) is 24.3 Å². The van der Waals surface area contributed by atoms with Gasteiger partial charge in [-0.1, -0.05) is 23.9 Å². The lowest BCUT2D eigenvalue weighted by molar-refractivity contribution is -0.121. The van der Waals surface area contributed by atoms with E-state index in [1.165, 1.54) is 30.0 Å². The number of benzene rings is 2. The molecule has 1 saturated heterocycles. The van der Waals surface area contributed by atoms with Crippen LogP contribution in [0.15, 0.2) is 53.5 Å². The van der Waals surface area contributed by atoms with E-state index in [1.54, 1.807) is 13.1 Å². The molecule has 0 spiro atoms. The molecule has 0 bridgehead atoms. The molecule has 1 fully saturated rings. The summed E-state index contributed by atoms with van der Waals surface area (Å²) in [4.78, 5) is 30.0. The first-order valence-corrected chi connectivity index (χ1v) is 9.73. The van der Waals surface area contributed by atoms with Gasteiger partial charge in [-0.2, -0.15) is 0 Å². The number of hydrogen-bond donors (Lipinski definition) is 1. The first kappa shape index (κ1) is 18.8. The van der Waals surface area contributed by atoms with Crippen molar-refractivity contribution >= 4 is 62.7 Å². The maximum atomic E-state index is 14.0. The van der Waals surface area contributed by atoms with Crippen molar-refractivity contribution in [2.75, 3.05) is 17.3 Å². The van der Waals surface area contributed by atoms with Crippen LogP contribution in [0.5, 0.6) is 0 Å². The summed E-state index contributed by atoms with van der Waals surface area (Å²) in [5.41, 5.74) is 0.826. The highest BCUT2D eigenvalue weighted by Gasteiger charge is 2.41. The van der Waals surface area contributed by atoms with Crippen molar-refractivity contribution in [1.82, 2.24) is 0 Å². The van der Waals surface area contributed by atoms with Crippen LogP contribution in [0.25, 0.3) is 0 Å². The third-order valence-electron chi connectivity index (χ3n) is 3.75. The third kappa shape index (κ3) is 4.07. The van der Waals surface area contributed by atoms with Gasteiger partial charge in [-0.15, -0.1) is 0 Å². The molecular formula is C18H15FIN3O2S. The van der Waals surface area contributed by atoms with Gasteiger partial charge in [0.1, 0.15) is 11.1 Å². The Labute approximate surface area is 168 Å². The molecule has 2 aromatic carbocycles. The highest BCUT2D eigenvalue weighted by atomic mass is 127. The number of halogens is 2.